The lowest BCUT2D eigenvalue weighted by atomic mass is 10.4. The normalized spacial score (nSPS) is 14.4. The summed E-state index contributed by atoms with van der Waals surface area (Å²) in [5.74, 6) is 1.73. The molecule has 1 aliphatic carbocycles. The van der Waals surface area contributed by atoms with Crippen molar-refractivity contribution in [1.29, 1.82) is 0 Å². The first-order valence-electron chi connectivity index (χ1n) is 8.54. The number of aromatic nitrogens is 1. The molecule has 2 aromatic heterocycles. The molecule has 1 amide bonds. The number of rotatable bonds is 8. The first-order chi connectivity index (χ1) is 12.3. The van der Waals surface area contributed by atoms with Gasteiger partial charge in [-0.15, -0.1) is 11.3 Å². The van der Waals surface area contributed by atoms with E-state index in [1.54, 1.807) is 17.6 Å². The van der Waals surface area contributed by atoms with E-state index in [4.69, 9.17) is 4.42 Å². The van der Waals surface area contributed by atoms with Gasteiger partial charge in [-0.25, -0.2) is 9.98 Å². The average Bonchev–Trinajstić information content (AvgIpc) is 3.12. The van der Waals surface area contributed by atoms with Crippen LogP contribution in [0.5, 0.6) is 0 Å². The smallest absolute Gasteiger partial charge is 0.236 e. The van der Waals surface area contributed by atoms with Gasteiger partial charge in [-0.1, -0.05) is 6.07 Å². The molecule has 25 heavy (non-hydrogen) atoms. The third-order valence-corrected chi connectivity index (χ3v) is 4.55. The zero-order chi connectivity index (χ0) is 17.5. The summed E-state index contributed by atoms with van der Waals surface area (Å²) < 4.78 is 5.50. The number of carbonyl (C=O) groups is 1. The van der Waals surface area contributed by atoms with Crippen molar-refractivity contribution in [2.24, 2.45) is 10.9 Å². The molecular weight excluding hydrogens is 338 g/mol. The van der Waals surface area contributed by atoms with Gasteiger partial charge in [0.1, 0.15) is 12.0 Å². The Morgan fingerprint density at radius 3 is 2.92 bits per heavy atom. The quantitative estimate of drug-likeness (QED) is 0.380. The standard InChI is InChI=1S/C17H23N5O2S/c1-2-18-17(20-8-7-19-15(23)12-5-6-12)21-10-13-11-24-16(22-13)14-4-3-9-25-14/h3-4,9,11-12H,2,5-8,10H2,1H3,(H,19,23)(H2,18,20,21). The van der Waals surface area contributed by atoms with E-state index in [9.17, 15) is 4.79 Å². The van der Waals surface area contributed by atoms with E-state index in [1.165, 1.54) is 0 Å². The number of carbonyl (C=O) groups excluding carboxylic acids is 1. The van der Waals surface area contributed by atoms with Gasteiger partial charge in [0.05, 0.1) is 11.4 Å². The molecule has 8 heteroatoms. The predicted molar refractivity (Wildman–Crippen MR) is 98.4 cm³/mol. The number of guanidine groups is 1. The fourth-order valence-electron chi connectivity index (χ4n) is 2.25. The molecule has 134 valence electrons. The minimum atomic E-state index is 0.160. The van der Waals surface area contributed by atoms with Crippen molar-refractivity contribution in [2.45, 2.75) is 26.3 Å². The van der Waals surface area contributed by atoms with Crippen molar-refractivity contribution in [3.8, 4) is 10.8 Å². The van der Waals surface area contributed by atoms with E-state index in [0.29, 0.717) is 31.5 Å². The summed E-state index contributed by atoms with van der Waals surface area (Å²) in [5.41, 5.74) is 0.780. The van der Waals surface area contributed by atoms with Crippen LogP contribution in [0.1, 0.15) is 25.5 Å². The van der Waals surface area contributed by atoms with Gasteiger partial charge in [0, 0.05) is 25.6 Å². The van der Waals surface area contributed by atoms with Gasteiger partial charge in [-0.3, -0.25) is 4.79 Å². The predicted octanol–water partition coefficient (Wildman–Crippen LogP) is 1.98. The molecule has 0 radical (unpaired) electrons. The Bertz CT molecular complexity index is 706. The lowest BCUT2D eigenvalue weighted by molar-refractivity contribution is -0.122. The summed E-state index contributed by atoms with van der Waals surface area (Å²) in [6, 6.07) is 3.95. The van der Waals surface area contributed by atoms with E-state index in [-0.39, 0.29) is 11.8 Å². The second-order valence-corrected chi connectivity index (χ2v) is 6.76. The fraction of sp³-hybridized carbons (Fsp3) is 0.471. The maximum absolute atomic E-state index is 11.6. The van der Waals surface area contributed by atoms with E-state index >= 15 is 0 Å². The number of nitrogens with one attached hydrogen (secondary N) is 3. The molecule has 0 spiro atoms. The summed E-state index contributed by atoms with van der Waals surface area (Å²) >= 11 is 1.59. The van der Waals surface area contributed by atoms with Gasteiger partial charge >= 0.3 is 0 Å². The maximum atomic E-state index is 11.6. The van der Waals surface area contributed by atoms with E-state index < -0.39 is 0 Å². The van der Waals surface area contributed by atoms with Crippen LogP contribution in [-0.2, 0) is 11.3 Å². The molecule has 1 aliphatic rings. The van der Waals surface area contributed by atoms with Crippen molar-refractivity contribution in [1.82, 2.24) is 20.9 Å². The maximum Gasteiger partial charge on any atom is 0.236 e. The molecule has 2 aromatic rings. The Balaban J connectivity index is 1.46. The highest BCUT2D eigenvalue weighted by molar-refractivity contribution is 7.13. The van der Waals surface area contributed by atoms with Crippen LogP contribution in [-0.4, -0.2) is 36.5 Å². The van der Waals surface area contributed by atoms with Crippen LogP contribution in [0.2, 0.25) is 0 Å². The van der Waals surface area contributed by atoms with Gasteiger partial charge < -0.3 is 20.4 Å². The van der Waals surface area contributed by atoms with Gasteiger partial charge in [-0.05, 0) is 31.2 Å². The number of hydrogen-bond acceptors (Lipinski definition) is 5. The Labute approximate surface area is 150 Å². The van der Waals surface area contributed by atoms with Gasteiger partial charge in [0.25, 0.3) is 0 Å². The van der Waals surface area contributed by atoms with Crippen molar-refractivity contribution >= 4 is 23.2 Å². The average molecular weight is 361 g/mol. The first-order valence-corrected chi connectivity index (χ1v) is 9.42. The van der Waals surface area contributed by atoms with Crippen molar-refractivity contribution in [3.05, 3.63) is 29.5 Å². The largest absolute Gasteiger partial charge is 0.443 e. The molecule has 0 bridgehead atoms. The lowest BCUT2D eigenvalue weighted by Gasteiger charge is -2.11. The summed E-state index contributed by atoms with van der Waals surface area (Å²) in [4.78, 5) is 21.5. The third-order valence-electron chi connectivity index (χ3n) is 3.69. The molecule has 0 aliphatic heterocycles. The molecule has 7 nitrogen and oxygen atoms in total. The second kappa shape index (κ2) is 8.66. The summed E-state index contributed by atoms with van der Waals surface area (Å²) in [6.45, 7) is 4.42. The topological polar surface area (TPSA) is 91.6 Å². The zero-order valence-electron chi connectivity index (χ0n) is 14.2. The fourth-order valence-corrected chi connectivity index (χ4v) is 2.91. The SMILES string of the molecule is CCNC(=NCc1coc(-c2cccs2)n1)NCCNC(=O)C1CC1. The van der Waals surface area contributed by atoms with Gasteiger partial charge in [0.2, 0.25) is 11.8 Å². The Morgan fingerprint density at radius 2 is 2.20 bits per heavy atom. The van der Waals surface area contributed by atoms with Crippen molar-refractivity contribution in [2.75, 3.05) is 19.6 Å². The number of nitrogens with zero attached hydrogens (tertiary/aromatic N) is 2. The van der Waals surface area contributed by atoms with Crippen LogP contribution in [0.25, 0.3) is 10.8 Å². The van der Waals surface area contributed by atoms with Crippen LogP contribution < -0.4 is 16.0 Å². The Kier molecular flexibility index (Phi) is 6.05. The van der Waals surface area contributed by atoms with Crippen molar-refractivity contribution < 1.29 is 9.21 Å². The number of oxazole rings is 1. The minimum Gasteiger partial charge on any atom is -0.443 e. The molecule has 2 heterocycles. The molecular formula is C17H23N5O2S. The van der Waals surface area contributed by atoms with Gasteiger partial charge in [-0.2, -0.15) is 0 Å². The van der Waals surface area contributed by atoms with E-state index in [0.717, 1.165) is 30.0 Å². The molecule has 0 atom stereocenters. The highest BCUT2D eigenvalue weighted by Crippen LogP contribution is 2.28. The molecule has 3 N–H and O–H groups in total. The summed E-state index contributed by atoms with van der Waals surface area (Å²) in [7, 11) is 0. The lowest BCUT2D eigenvalue weighted by Crippen LogP contribution is -2.41. The van der Waals surface area contributed by atoms with Gasteiger partial charge in [0.15, 0.2) is 5.96 Å². The summed E-state index contributed by atoms with van der Waals surface area (Å²) in [6.07, 6.45) is 3.68. The number of aliphatic imine (C=N–C) groups is 1. The Morgan fingerprint density at radius 1 is 1.36 bits per heavy atom. The number of amides is 1. The molecule has 1 saturated carbocycles. The van der Waals surface area contributed by atoms with Crippen LogP contribution in [0.4, 0.5) is 0 Å². The molecule has 0 aromatic carbocycles. The second-order valence-electron chi connectivity index (χ2n) is 5.81. The number of hydrogen-bond donors (Lipinski definition) is 3. The van der Waals surface area contributed by atoms with Crippen LogP contribution >= 0.6 is 11.3 Å². The highest BCUT2D eigenvalue weighted by atomic mass is 32.1. The van der Waals surface area contributed by atoms with Crippen LogP contribution in [0.15, 0.2) is 33.2 Å². The third kappa shape index (κ3) is 5.32. The first kappa shape index (κ1) is 17.5. The van der Waals surface area contributed by atoms with Crippen LogP contribution in [0, 0.1) is 5.92 Å². The minimum absolute atomic E-state index is 0.160. The summed E-state index contributed by atoms with van der Waals surface area (Å²) in [5, 5.41) is 11.3. The molecule has 3 rings (SSSR count). The molecule has 1 fully saturated rings. The Hall–Kier alpha value is -2.35. The molecule has 0 saturated heterocycles. The van der Waals surface area contributed by atoms with E-state index in [1.807, 2.05) is 24.4 Å². The zero-order valence-corrected chi connectivity index (χ0v) is 15.1. The molecule has 0 unspecified atom stereocenters. The highest BCUT2D eigenvalue weighted by Gasteiger charge is 2.28. The number of thiophene rings is 1. The van der Waals surface area contributed by atoms with Crippen molar-refractivity contribution in [3.63, 3.8) is 0 Å². The van der Waals surface area contributed by atoms with Crippen LogP contribution in [0.3, 0.4) is 0 Å². The van der Waals surface area contributed by atoms with E-state index in [2.05, 4.69) is 25.9 Å². The monoisotopic (exact) mass is 361 g/mol.